The molecule has 0 radical (unpaired) electrons. The van der Waals surface area contributed by atoms with Crippen molar-refractivity contribution in [3.63, 3.8) is 0 Å². The Morgan fingerprint density at radius 1 is 1.43 bits per heavy atom. The Hall–Kier alpha value is -1.69. The van der Waals surface area contributed by atoms with E-state index in [0.29, 0.717) is 6.04 Å². The second-order valence-corrected chi connectivity index (χ2v) is 7.00. The van der Waals surface area contributed by atoms with Crippen LogP contribution in [0, 0.1) is 12.8 Å². The summed E-state index contributed by atoms with van der Waals surface area (Å²) in [5.74, 6) is 1.71. The number of piperidine rings is 1. The number of amides is 1. The van der Waals surface area contributed by atoms with Crippen LogP contribution in [0.25, 0.3) is 10.2 Å². The van der Waals surface area contributed by atoms with Gasteiger partial charge in [-0.3, -0.25) is 4.79 Å². The highest BCUT2D eigenvalue weighted by molar-refractivity contribution is 7.20. The number of rotatable bonds is 2. The van der Waals surface area contributed by atoms with Gasteiger partial charge in [-0.1, -0.05) is 0 Å². The van der Waals surface area contributed by atoms with Crippen molar-refractivity contribution < 1.29 is 4.79 Å². The number of nitrogens with zero attached hydrogens (tertiary/aromatic N) is 3. The van der Waals surface area contributed by atoms with Gasteiger partial charge in [0.1, 0.15) is 17.0 Å². The molecule has 110 valence electrons. The summed E-state index contributed by atoms with van der Waals surface area (Å²) in [5.41, 5.74) is 1.01. The third kappa shape index (κ3) is 1.85. The molecule has 1 saturated heterocycles. The SMILES string of the molecule is CNc1ncnc2sc(C(=O)N3C[C@H]4CC[C@H]3C4)c(C)c12. The average Bonchev–Trinajstić information content (AvgIpc) is 3.20. The molecule has 5 nitrogen and oxygen atoms in total. The number of likely N-dealkylation sites (tertiary alicyclic amines) is 1. The normalized spacial score (nSPS) is 24.0. The molecule has 0 spiro atoms. The lowest BCUT2D eigenvalue weighted by atomic mass is 10.1. The van der Waals surface area contributed by atoms with Crippen LogP contribution in [0.5, 0.6) is 0 Å². The van der Waals surface area contributed by atoms with Gasteiger partial charge in [-0.05, 0) is 37.7 Å². The largest absolute Gasteiger partial charge is 0.372 e. The van der Waals surface area contributed by atoms with E-state index in [-0.39, 0.29) is 5.91 Å². The minimum Gasteiger partial charge on any atom is -0.372 e. The molecule has 4 rings (SSSR count). The summed E-state index contributed by atoms with van der Waals surface area (Å²) in [7, 11) is 1.85. The Morgan fingerprint density at radius 3 is 2.95 bits per heavy atom. The standard InChI is InChI=1S/C15H18N4OS/c1-8-11-13(16-2)17-7-18-14(11)21-12(8)15(20)19-6-9-3-4-10(19)5-9/h7,9-10H,3-6H2,1-2H3,(H,16,17,18)/t9-,10-/m0/s1. The molecule has 1 amide bonds. The maximum atomic E-state index is 12.9. The van der Waals surface area contributed by atoms with E-state index in [1.165, 1.54) is 30.6 Å². The predicted molar refractivity (Wildman–Crippen MR) is 83.9 cm³/mol. The van der Waals surface area contributed by atoms with E-state index in [4.69, 9.17) is 0 Å². The van der Waals surface area contributed by atoms with Crippen LogP contribution in [0.3, 0.4) is 0 Å². The van der Waals surface area contributed by atoms with Crippen LogP contribution >= 0.6 is 11.3 Å². The summed E-state index contributed by atoms with van der Waals surface area (Å²) in [6.45, 7) is 2.94. The zero-order chi connectivity index (χ0) is 14.6. The molecule has 1 aliphatic carbocycles. The monoisotopic (exact) mass is 302 g/mol. The van der Waals surface area contributed by atoms with Crippen molar-refractivity contribution in [3.05, 3.63) is 16.8 Å². The molecular formula is C15H18N4OS. The number of nitrogens with one attached hydrogen (secondary N) is 1. The van der Waals surface area contributed by atoms with Crippen molar-refractivity contribution in [2.24, 2.45) is 5.92 Å². The topological polar surface area (TPSA) is 58.1 Å². The van der Waals surface area contributed by atoms with Gasteiger partial charge in [0.15, 0.2) is 0 Å². The fourth-order valence-electron chi connectivity index (χ4n) is 3.77. The Labute approximate surface area is 127 Å². The van der Waals surface area contributed by atoms with Crippen LogP contribution in [0.1, 0.15) is 34.5 Å². The first kappa shape index (κ1) is 13.0. The minimum absolute atomic E-state index is 0.185. The highest BCUT2D eigenvalue weighted by Crippen LogP contribution is 2.40. The maximum Gasteiger partial charge on any atom is 0.264 e. The maximum absolute atomic E-state index is 12.9. The lowest BCUT2D eigenvalue weighted by molar-refractivity contribution is 0.0708. The minimum atomic E-state index is 0.185. The number of hydrogen-bond donors (Lipinski definition) is 1. The second kappa shape index (κ2) is 4.66. The fraction of sp³-hybridized carbons (Fsp3) is 0.533. The van der Waals surface area contributed by atoms with Crippen LogP contribution in [-0.2, 0) is 0 Å². The van der Waals surface area contributed by atoms with Crippen molar-refractivity contribution in [2.45, 2.75) is 32.2 Å². The Balaban J connectivity index is 1.77. The molecule has 0 aromatic carbocycles. The van der Waals surface area contributed by atoms with Crippen LogP contribution in [0.15, 0.2) is 6.33 Å². The van der Waals surface area contributed by atoms with Gasteiger partial charge >= 0.3 is 0 Å². The molecule has 0 unspecified atom stereocenters. The summed E-state index contributed by atoms with van der Waals surface area (Å²) in [6.07, 6.45) is 5.20. The van der Waals surface area contributed by atoms with E-state index < -0.39 is 0 Å². The number of fused-ring (bicyclic) bond motifs is 3. The molecule has 1 saturated carbocycles. The van der Waals surface area contributed by atoms with Crippen molar-refractivity contribution in [1.82, 2.24) is 14.9 Å². The van der Waals surface area contributed by atoms with Gasteiger partial charge in [0.05, 0.1) is 10.3 Å². The highest BCUT2D eigenvalue weighted by atomic mass is 32.1. The summed E-state index contributed by atoms with van der Waals surface area (Å²) in [5, 5.41) is 4.07. The second-order valence-electron chi connectivity index (χ2n) is 6.00. The Bertz CT molecular complexity index is 726. The summed E-state index contributed by atoms with van der Waals surface area (Å²) in [6, 6.07) is 0.460. The first-order chi connectivity index (χ1) is 10.2. The van der Waals surface area contributed by atoms with E-state index in [2.05, 4.69) is 20.2 Å². The number of carbonyl (C=O) groups excluding carboxylic acids is 1. The van der Waals surface area contributed by atoms with Gasteiger partial charge in [-0.2, -0.15) is 0 Å². The van der Waals surface area contributed by atoms with Crippen LogP contribution < -0.4 is 5.32 Å². The molecule has 2 atom stereocenters. The molecule has 2 bridgehead atoms. The van der Waals surface area contributed by atoms with Crippen LogP contribution in [0.4, 0.5) is 5.82 Å². The molecule has 2 aromatic heterocycles. The molecule has 21 heavy (non-hydrogen) atoms. The van der Waals surface area contributed by atoms with E-state index >= 15 is 0 Å². The number of carbonyl (C=O) groups is 1. The van der Waals surface area contributed by atoms with Gasteiger partial charge in [0, 0.05) is 19.6 Å². The van der Waals surface area contributed by atoms with Crippen LogP contribution in [0.2, 0.25) is 0 Å². The molecule has 2 aliphatic rings. The number of aromatic nitrogens is 2. The Kier molecular flexibility index (Phi) is 2.89. The third-order valence-electron chi connectivity index (χ3n) is 4.83. The summed E-state index contributed by atoms with van der Waals surface area (Å²) in [4.78, 5) is 25.3. The quantitative estimate of drug-likeness (QED) is 0.926. The zero-order valence-corrected chi connectivity index (χ0v) is 13.0. The number of hydrogen-bond acceptors (Lipinski definition) is 5. The van der Waals surface area contributed by atoms with Gasteiger partial charge in [-0.15, -0.1) is 11.3 Å². The highest BCUT2D eigenvalue weighted by Gasteiger charge is 2.41. The number of aryl methyl sites for hydroxylation is 1. The lowest BCUT2D eigenvalue weighted by Gasteiger charge is -2.26. The van der Waals surface area contributed by atoms with Crippen molar-refractivity contribution in [2.75, 3.05) is 18.9 Å². The van der Waals surface area contributed by atoms with Crippen molar-refractivity contribution in [3.8, 4) is 0 Å². The number of thiophene rings is 1. The Morgan fingerprint density at radius 2 is 2.29 bits per heavy atom. The van der Waals surface area contributed by atoms with E-state index in [0.717, 1.165) is 38.9 Å². The number of anilines is 1. The molecule has 1 aliphatic heterocycles. The predicted octanol–water partition coefficient (Wildman–Crippen LogP) is 2.67. The lowest BCUT2D eigenvalue weighted by Crippen LogP contribution is -2.37. The van der Waals surface area contributed by atoms with Crippen molar-refractivity contribution >= 4 is 33.3 Å². The van der Waals surface area contributed by atoms with Gasteiger partial charge in [0.2, 0.25) is 0 Å². The van der Waals surface area contributed by atoms with E-state index in [1.807, 2.05) is 14.0 Å². The molecule has 1 N–H and O–H groups in total. The average molecular weight is 302 g/mol. The van der Waals surface area contributed by atoms with Crippen LogP contribution in [-0.4, -0.2) is 40.4 Å². The van der Waals surface area contributed by atoms with E-state index in [1.54, 1.807) is 6.33 Å². The summed E-state index contributed by atoms with van der Waals surface area (Å²) < 4.78 is 0. The van der Waals surface area contributed by atoms with Gasteiger partial charge < -0.3 is 10.2 Å². The summed E-state index contributed by atoms with van der Waals surface area (Å²) >= 11 is 1.49. The first-order valence-electron chi connectivity index (χ1n) is 7.42. The van der Waals surface area contributed by atoms with E-state index in [9.17, 15) is 4.79 Å². The molecule has 2 fully saturated rings. The van der Waals surface area contributed by atoms with Crippen molar-refractivity contribution in [1.29, 1.82) is 0 Å². The molecule has 6 heteroatoms. The molecular weight excluding hydrogens is 284 g/mol. The fourth-order valence-corrected chi connectivity index (χ4v) is 4.87. The smallest absolute Gasteiger partial charge is 0.264 e. The third-order valence-corrected chi connectivity index (χ3v) is 6.02. The molecule has 2 aromatic rings. The molecule has 3 heterocycles. The first-order valence-corrected chi connectivity index (χ1v) is 8.23. The van der Waals surface area contributed by atoms with Gasteiger partial charge in [0.25, 0.3) is 5.91 Å². The zero-order valence-electron chi connectivity index (χ0n) is 12.2. The van der Waals surface area contributed by atoms with Gasteiger partial charge in [-0.25, -0.2) is 9.97 Å².